The second-order valence-electron chi connectivity index (χ2n) is 5.65. The molecule has 16 heavy (non-hydrogen) atoms. The Hall–Kier alpha value is -0.120. The van der Waals surface area contributed by atoms with Gasteiger partial charge >= 0.3 is 0 Å². The van der Waals surface area contributed by atoms with E-state index in [1.807, 2.05) is 0 Å². The van der Waals surface area contributed by atoms with Crippen molar-refractivity contribution >= 4 is 0 Å². The average molecular weight is 227 g/mol. The zero-order valence-corrected chi connectivity index (χ0v) is 10.4. The molecular weight excluding hydrogens is 202 g/mol. The van der Waals surface area contributed by atoms with Crippen LogP contribution in [-0.2, 0) is 4.74 Å². The van der Waals surface area contributed by atoms with Crippen LogP contribution in [0.15, 0.2) is 0 Å². The van der Waals surface area contributed by atoms with Crippen molar-refractivity contribution in [2.45, 2.75) is 51.0 Å². The lowest BCUT2D eigenvalue weighted by molar-refractivity contribution is -0.140. The Morgan fingerprint density at radius 1 is 1.31 bits per heavy atom. The van der Waals surface area contributed by atoms with Crippen molar-refractivity contribution in [3.05, 3.63) is 0 Å². The molecule has 1 aliphatic carbocycles. The fraction of sp³-hybridized carbons (Fsp3) is 1.00. The number of rotatable bonds is 3. The van der Waals surface area contributed by atoms with Gasteiger partial charge in [0.2, 0.25) is 0 Å². The molecule has 2 fully saturated rings. The Morgan fingerprint density at radius 3 is 2.50 bits per heavy atom. The van der Waals surface area contributed by atoms with Gasteiger partial charge in [0.05, 0.1) is 5.60 Å². The van der Waals surface area contributed by atoms with Crippen LogP contribution in [0.1, 0.15) is 45.4 Å². The summed E-state index contributed by atoms with van der Waals surface area (Å²) >= 11 is 0. The summed E-state index contributed by atoms with van der Waals surface area (Å²) in [4.78, 5) is 0. The molecule has 2 rings (SSSR count). The molecule has 0 aromatic heterocycles. The minimum atomic E-state index is -0.566. The lowest BCUT2D eigenvalue weighted by Gasteiger charge is -2.47. The highest BCUT2D eigenvalue weighted by Gasteiger charge is 2.53. The second-order valence-corrected chi connectivity index (χ2v) is 5.65. The van der Waals surface area contributed by atoms with E-state index in [1.54, 1.807) is 0 Å². The van der Waals surface area contributed by atoms with Crippen molar-refractivity contribution < 1.29 is 9.84 Å². The van der Waals surface area contributed by atoms with Gasteiger partial charge < -0.3 is 15.6 Å². The molecule has 0 bridgehead atoms. The Labute approximate surface area is 98.4 Å². The van der Waals surface area contributed by atoms with Crippen molar-refractivity contribution in [1.82, 2.24) is 0 Å². The van der Waals surface area contributed by atoms with Crippen LogP contribution >= 0.6 is 0 Å². The first kappa shape index (κ1) is 12.3. The largest absolute Gasteiger partial charge is 0.389 e. The fourth-order valence-electron chi connectivity index (χ4n) is 3.62. The molecule has 3 N–H and O–H groups in total. The number of aliphatic hydroxyl groups is 1. The lowest BCUT2D eigenvalue weighted by Crippen LogP contribution is -2.54. The summed E-state index contributed by atoms with van der Waals surface area (Å²) in [6.45, 7) is 4.25. The van der Waals surface area contributed by atoms with E-state index < -0.39 is 5.60 Å². The molecule has 0 aromatic rings. The molecule has 94 valence electrons. The summed E-state index contributed by atoms with van der Waals surface area (Å²) in [6.07, 6.45) is 6.18. The van der Waals surface area contributed by atoms with Crippen LogP contribution in [0.25, 0.3) is 0 Å². The van der Waals surface area contributed by atoms with E-state index in [0.29, 0.717) is 19.8 Å². The highest BCUT2D eigenvalue weighted by molar-refractivity contribution is 5.04. The number of ether oxygens (including phenoxy) is 1. The van der Waals surface area contributed by atoms with Gasteiger partial charge in [0.1, 0.15) is 0 Å². The maximum absolute atomic E-state index is 10.9. The van der Waals surface area contributed by atoms with Gasteiger partial charge in [0.25, 0.3) is 0 Å². The highest BCUT2D eigenvalue weighted by atomic mass is 16.5. The summed E-state index contributed by atoms with van der Waals surface area (Å²) in [7, 11) is 0. The molecule has 0 aromatic carbocycles. The van der Waals surface area contributed by atoms with Gasteiger partial charge in [-0.15, -0.1) is 0 Å². The standard InChI is InChI=1S/C13H25NO2/c1-2-11-3-4-12(9-11,10-14)13(15)5-7-16-8-6-13/h11,15H,2-10,14H2,1H3. The SMILES string of the molecule is CCC1CCC(CN)(C2(O)CCOCC2)C1. The average Bonchev–Trinajstić information content (AvgIpc) is 2.75. The summed E-state index contributed by atoms with van der Waals surface area (Å²) in [6, 6.07) is 0. The number of hydrogen-bond donors (Lipinski definition) is 2. The van der Waals surface area contributed by atoms with Crippen LogP contribution in [0.2, 0.25) is 0 Å². The third-order valence-corrected chi connectivity index (χ3v) is 4.99. The fourth-order valence-corrected chi connectivity index (χ4v) is 3.62. The molecule has 0 radical (unpaired) electrons. The minimum Gasteiger partial charge on any atom is -0.389 e. The molecule has 0 amide bonds. The van der Waals surface area contributed by atoms with E-state index in [9.17, 15) is 5.11 Å². The highest BCUT2D eigenvalue weighted by Crippen LogP contribution is 2.52. The Kier molecular flexibility index (Phi) is 3.57. The van der Waals surface area contributed by atoms with Crippen LogP contribution in [-0.4, -0.2) is 30.5 Å². The lowest BCUT2D eigenvalue weighted by atomic mass is 9.66. The minimum absolute atomic E-state index is 0.0303. The maximum atomic E-state index is 10.9. The molecule has 2 atom stereocenters. The van der Waals surface area contributed by atoms with Crippen LogP contribution in [0, 0.1) is 11.3 Å². The van der Waals surface area contributed by atoms with Crippen LogP contribution < -0.4 is 5.73 Å². The molecule has 1 saturated carbocycles. The quantitative estimate of drug-likeness (QED) is 0.771. The van der Waals surface area contributed by atoms with Gasteiger partial charge in [-0.3, -0.25) is 0 Å². The van der Waals surface area contributed by atoms with Gasteiger partial charge in [-0.2, -0.15) is 0 Å². The Balaban J connectivity index is 2.14. The third-order valence-electron chi connectivity index (χ3n) is 4.99. The van der Waals surface area contributed by atoms with Crippen LogP contribution in [0.5, 0.6) is 0 Å². The van der Waals surface area contributed by atoms with E-state index in [2.05, 4.69) is 6.92 Å². The number of nitrogens with two attached hydrogens (primary N) is 1. The predicted octanol–water partition coefficient (Wildman–Crippen LogP) is 1.68. The zero-order chi connectivity index (χ0) is 11.6. The predicted molar refractivity (Wildman–Crippen MR) is 64.1 cm³/mol. The van der Waals surface area contributed by atoms with Crippen molar-refractivity contribution in [1.29, 1.82) is 0 Å². The molecule has 0 spiro atoms. The summed E-state index contributed by atoms with van der Waals surface area (Å²) in [5.74, 6) is 0.760. The van der Waals surface area contributed by atoms with E-state index in [0.717, 1.165) is 31.6 Å². The molecule has 1 heterocycles. The van der Waals surface area contributed by atoms with Gasteiger partial charge in [-0.05, 0) is 25.2 Å². The summed E-state index contributed by atoms with van der Waals surface area (Å²) in [5.41, 5.74) is 5.41. The molecule has 3 heteroatoms. The monoisotopic (exact) mass is 227 g/mol. The van der Waals surface area contributed by atoms with Crippen molar-refractivity contribution in [2.75, 3.05) is 19.8 Å². The Morgan fingerprint density at radius 2 is 2.00 bits per heavy atom. The first-order valence-corrected chi connectivity index (χ1v) is 6.66. The van der Waals surface area contributed by atoms with Crippen LogP contribution in [0.3, 0.4) is 0 Å². The van der Waals surface area contributed by atoms with Crippen LogP contribution in [0.4, 0.5) is 0 Å². The third kappa shape index (κ3) is 1.89. The van der Waals surface area contributed by atoms with Gasteiger partial charge in [-0.1, -0.05) is 13.3 Å². The summed E-state index contributed by atoms with van der Waals surface area (Å²) < 4.78 is 5.37. The topological polar surface area (TPSA) is 55.5 Å². The molecule has 3 nitrogen and oxygen atoms in total. The molecule has 1 saturated heterocycles. The molecule has 2 aliphatic rings. The smallest absolute Gasteiger partial charge is 0.0759 e. The van der Waals surface area contributed by atoms with Crippen molar-refractivity contribution in [3.63, 3.8) is 0 Å². The maximum Gasteiger partial charge on any atom is 0.0759 e. The van der Waals surface area contributed by atoms with E-state index in [1.165, 1.54) is 12.8 Å². The number of hydrogen-bond acceptors (Lipinski definition) is 3. The second kappa shape index (κ2) is 4.63. The van der Waals surface area contributed by atoms with Gasteiger partial charge in [-0.25, -0.2) is 0 Å². The Bertz CT molecular complexity index is 238. The molecular formula is C13H25NO2. The first-order valence-electron chi connectivity index (χ1n) is 6.66. The first-order chi connectivity index (χ1) is 7.66. The molecule has 1 aliphatic heterocycles. The van der Waals surface area contributed by atoms with E-state index in [4.69, 9.17) is 10.5 Å². The molecule has 2 unspecified atom stereocenters. The van der Waals surface area contributed by atoms with E-state index in [-0.39, 0.29) is 5.41 Å². The zero-order valence-electron chi connectivity index (χ0n) is 10.4. The van der Waals surface area contributed by atoms with Gasteiger partial charge in [0, 0.05) is 38.0 Å². The van der Waals surface area contributed by atoms with E-state index >= 15 is 0 Å². The summed E-state index contributed by atoms with van der Waals surface area (Å²) in [5, 5.41) is 10.9. The van der Waals surface area contributed by atoms with Crippen molar-refractivity contribution in [2.24, 2.45) is 17.1 Å². The normalized spacial score (nSPS) is 38.8. The van der Waals surface area contributed by atoms with Gasteiger partial charge in [0.15, 0.2) is 0 Å². The van der Waals surface area contributed by atoms with Crippen molar-refractivity contribution in [3.8, 4) is 0 Å².